The molecular weight excluding hydrogens is 290 g/mol. The number of ether oxygens (including phenoxy) is 2. The van der Waals surface area contributed by atoms with E-state index in [0.717, 1.165) is 12.0 Å². The number of amides is 1. The summed E-state index contributed by atoms with van der Waals surface area (Å²) in [5, 5.41) is 2.94. The van der Waals surface area contributed by atoms with Crippen LogP contribution in [-0.2, 0) is 11.2 Å². The normalized spacial score (nSPS) is 11.6. The van der Waals surface area contributed by atoms with E-state index in [1.165, 1.54) is 5.56 Å². The zero-order valence-corrected chi connectivity index (χ0v) is 13.8. The highest BCUT2D eigenvalue weighted by Crippen LogP contribution is 2.19. The zero-order chi connectivity index (χ0) is 16.7. The van der Waals surface area contributed by atoms with Gasteiger partial charge in [-0.3, -0.25) is 4.79 Å². The summed E-state index contributed by atoms with van der Waals surface area (Å²) in [5.74, 6) is 1.16. The summed E-state index contributed by atoms with van der Waals surface area (Å²) in [5.41, 5.74) is 2.37. The number of nitrogens with one attached hydrogen (secondary N) is 1. The van der Waals surface area contributed by atoms with Gasteiger partial charge in [0.1, 0.15) is 11.5 Å². The van der Waals surface area contributed by atoms with Gasteiger partial charge >= 0.3 is 0 Å². The number of methoxy groups -OCH3 is 1. The van der Waals surface area contributed by atoms with Gasteiger partial charge in [0, 0.05) is 6.07 Å². The van der Waals surface area contributed by atoms with Gasteiger partial charge in [-0.2, -0.15) is 0 Å². The van der Waals surface area contributed by atoms with Crippen molar-refractivity contribution in [2.24, 2.45) is 0 Å². The first-order chi connectivity index (χ1) is 11.1. The Morgan fingerprint density at radius 3 is 2.48 bits per heavy atom. The fourth-order valence-electron chi connectivity index (χ4n) is 2.25. The van der Waals surface area contributed by atoms with Gasteiger partial charge in [0.05, 0.1) is 13.2 Å². The van der Waals surface area contributed by atoms with Crippen LogP contribution in [0.4, 0.5) is 0 Å². The minimum absolute atomic E-state index is 0.0233. The first kappa shape index (κ1) is 16.9. The molecule has 0 heterocycles. The first-order valence-corrected chi connectivity index (χ1v) is 7.77. The number of rotatable bonds is 7. The van der Waals surface area contributed by atoms with Crippen molar-refractivity contribution >= 4 is 5.91 Å². The molecule has 0 unspecified atom stereocenters. The van der Waals surface area contributed by atoms with E-state index in [-0.39, 0.29) is 18.6 Å². The van der Waals surface area contributed by atoms with Crippen LogP contribution in [0.2, 0.25) is 0 Å². The van der Waals surface area contributed by atoms with Gasteiger partial charge in [-0.25, -0.2) is 0 Å². The predicted octanol–water partition coefficient (Wildman–Crippen LogP) is 3.51. The van der Waals surface area contributed by atoms with Gasteiger partial charge in [-0.1, -0.05) is 37.3 Å². The molecule has 23 heavy (non-hydrogen) atoms. The quantitative estimate of drug-likeness (QED) is 0.851. The van der Waals surface area contributed by atoms with Crippen LogP contribution in [-0.4, -0.2) is 19.6 Å². The van der Waals surface area contributed by atoms with Crippen molar-refractivity contribution in [1.82, 2.24) is 5.32 Å². The highest BCUT2D eigenvalue weighted by molar-refractivity contribution is 5.78. The van der Waals surface area contributed by atoms with Crippen LogP contribution < -0.4 is 14.8 Å². The van der Waals surface area contributed by atoms with Gasteiger partial charge < -0.3 is 14.8 Å². The molecule has 0 spiro atoms. The van der Waals surface area contributed by atoms with Crippen LogP contribution in [0.25, 0.3) is 0 Å². The lowest BCUT2D eigenvalue weighted by Gasteiger charge is -2.15. The largest absolute Gasteiger partial charge is 0.497 e. The molecule has 122 valence electrons. The summed E-state index contributed by atoms with van der Waals surface area (Å²) in [6.45, 7) is 4.06. The molecule has 4 heteroatoms. The Bertz CT molecular complexity index is 637. The molecule has 0 saturated carbocycles. The van der Waals surface area contributed by atoms with Crippen molar-refractivity contribution < 1.29 is 14.3 Å². The van der Waals surface area contributed by atoms with E-state index < -0.39 is 0 Å². The van der Waals surface area contributed by atoms with Gasteiger partial charge in [-0.15, -0.1) is 0 Å². The number of carbonyl (C=O) groups excluding carboxylic acids is 1. The van der Waals surface area contributed by atoms with Gasteiger partial charge in [-0.05, 0) is 36.6 Å². The van der Waals surface area contributed by atoms with Crippen molar-refractivity contribution in [2.45, 2.75) is 26.3 Å². The van der Waals surface area contributed by atoms with Crippen molar-refractivity contribution in [2.75, 3.05) is 13.7 Å². The van der Waals surface area contributed by atoms with Crippen molar-refractivity contribution in [1.29, 1.82) is 0 Å². The van der Waals surface area contributed by atoms with E-state index in [1.54, 1.807) is 19.2 Å². The topological polar surface area (TPSA) is 47.6 Å². The Balaban J connectivity index is 1.85. The van der Waals surface area contributed by atoms with E-state index in [1.807, 2.05) is 31.2 Å². The Kier molecular flexibility index (Phi) is 6.03. The average Bonchev–Trinajstić information content (AvgIpc) is 2.60. The maximum atomic E-state index is 12.0. The molecule has 1 atom stereocenters. The molecule has 1 amide bonds. The van der Waals surface area contributed by atoms with E-state index in [0.29, 0.717) is 11.5 Å². The molecule has 0 fully saturated rings. The Labute approximate surface area is 137 Å². The molecule has 1 N–H and O–H groups in total. The fourth-order valence-corrected chi connectivity index (χ4v) is 2.25. The Hall–Kier alpha value is -2.49. The lowest BCUT2D eigenvalue weighted by molar-refractivity contribution is -0.123. The lowest BCUT2D eigenvalue weighted by atomic mass is 10.1. The highest BCUT2D eigenvalue weighted by Gasteiger charge is 2.10. The van der Waals surface area contributed by atoms with Crippen molar-refractivity contribution in [3.05, 3.63) is 59.7 Å². The standard InChI is InChI=1S/C19H23NO3/c1-4-15-8-10-16(11-9-15)14(2)20-19(21)13-23-18-7-5-6-17(12-18)22-3/h5-12,14H,4,13H2,1-3H3,(H,20,21)/t14-/m1/s1. The van der Waals surface area contributed by atoms with Crippen LogP contribution >= 0.6 is 0 Å². The number of hydrogen-bond acceptors (Lipinski definition) is 3. The zero-order valence-electron chi connectivity index (χ0n) is 13.8. The predicted molar refractivity (Wildman–Crippen MR) is 90.9 cm³/mol. The summed E-state index contributed by atoms with van der Waals surface area (Å²) < 4.78 is 10.6. The number of benzene rings is 2. The van der Waals surface area contributed by atoms with Crippen LogP contribution in [0.15, 0.2) is 48.5 Å². The SMILES string of the molecule is CCc1ccc([C@@H](C)NC(=O)COc2cccc(OC)c2)cc1. The number of carbonyl (C=O) groups is 1. The molecule has 2 rings (SSSR count). The minimum Gasteiger partial charge on any atom is -0.497 e. The molecule has 0 radical (unpaired) electrons. The van der Waals surface area contributed by atoms with Gasteiger partial charge in [0.2, 0.25) is 0 Å². The van der Waals surface area contributed by atoms with Crippen LogP contribution in [0.5, 0.6) is 11.5 Å². The Morgan fingerprint density at radius 1 is 1.13 bits per heavy atom. The second-order valence-electron chi connectivity index (χ2n) is 5.35. The molecule has 0 saturated heterocycles. The van der Waals surface area contributed by atoms with E-state index >= 15 is 0 Å². The second kappa shape index (κ2) is 8.22. The number of hydrogen-bond donors (Lipinski definition) is 1. The third-order valence-electron chi connectivity index (χ3n) is 3.68. The second-order valence-corrected chi connectivity index (χ2v) is 5.35. The molecular formula is C19H23NO3. The third-order valence-corrected chi connectivity index (χ3v) is 3.68. The summed E-state index contributed by atoms with van der Waals surface area (Å²) in [6.07, 6.45) is 1.01. The van der Waals surface area contributed by atoms with Gasteiger partial charge in [0.25, 0.3) is 5.91 Å². The van der Waals surface area contributed by atoms with Crippen LogP contribution in [0.3, 0.4) is 0 Å². The molecule has 2 aromatic carbocycles. The van der Waals surface area contributed by atoms with E-state index in [9.17, 15) is 4.79 Å². The summed E-state index contributed by atoms with van der Waals surface area (Å²) >= 11 is 0. The van der Waals surface area contributed by atoms with E-state index in [2.05, 4.69) is 24.4 Å². The first-order valence-electron chi connectivity index (χ1n) is 7.77. The molecule has 4 nitrogen and oxygen atoms in total. The minimum atomic E-state index is -0.153. The summed E-state index contributed by atoms with van der Waals surface area (Å²) in [6, 6.07) is 15.4. The Morgan fingerprint density at radius 2 is 1.83 bits per heavy atom. The fraction of sp³-hybridized carbons (Fsp3) is 0.316. The maximum absolute atomic E-state index is 12.0. The molecule has 0 aliphatic heterocycles. The number of aryl methyl sites for hydroxylation is 1. The third kappa shape index (κ3) is 5.02. The van der Waals surface area contributed by atoms with Crippen LogP contribution in [0.1, 0.15) is 31.0 Å². The highest BCUT2D eigenvalue weighted by atomic mass is 16.5. The monoisotopic (exact) mass is 313 g/mol. The molecule has 0 aliphatic rings. The van der Waals surface area contributed by atoms with Gasteiger partial charge in [0.15, 0.2) is 6.61 Å². The smallest absolute Gasteiger partial charge is 0.258 e. The molecule has 0 aromatic heterocycles. The average molecular weight is 313 g/mol. The summed E-state index contributed by atoms with van der Waals surface area (Å²) in [4.78, 5) is 12.0. The molecule has 2 aromatic rings. The summed E-state index contributed by atoms with van der Waals surface area (Å²) in [7, 11) is 1.59. The van der Waals surface area contributed by atoms with Crippen molar-refractivity contribution in [3.63, 3.8) is 0 Å². The molecule has 0 aliphatic carbocycles. The van der Waals surface area contributed by atoms with Crippen LogP contribution in [0, 0.1) is 0 Å². The maximum Gasteiger partial charge on any atom is 0.258 e. The van der Waals surface area contributed by atoms with Crippen molar-refractivity contribution in [3.8, 4) is 11.5 Å². The molecule has 0 bridgehead atoms. The lowest BCUT2D eigenvalue weighted by Crippen LogP contribution is -2.31. The van der Waals surface area contributed by atoms with E-state index in [4.69, 9.17) is 9.47 Å².